The van der Waals surface area contributed by atoms with Crippen molar-refractivity contribution in [3.63, 3.8) is 0 Å². The number of furan rings is 1. The normalized spacial score (nSPS) is 12.4. The molecule has 0 aliphatic carbocycles. The maximum atomic E-state index is 5.72. The van der Waals surface area contributed by atoms with E-state index in [4.69, 9.17) is 14.9 Å². The van der Waals surface area contributed by atoms with Gasteiger partial charge in [-0.2, -0.15) is 0 Å². The van der Waals surface area contributed by atoms with Crippen LogP contribution < -0.4 is 10.5 Å². The number of hydrogen-bond acceptors (Lipinski definition) is 3. The Morgan fingerprint density at radius 2 is 2.16 bits per heavy atom. The molecule has 3 heteroatoms. The predicted molar refractivity (Wildman–Crippen MR) is 76.6 cm³/mol. The maximum absolute atomic E-state index is 5.72. The maximum Gasteiger partial charge on any atom is 0.122 e. The van der Waals surface area contributed by atoms with Crippen LogP contribution in [0.1, 0.15) is 36.1 Å². The summed E-state index contributed by atoms with van der Waals surface area (Å²) in [7, 11) is 0. The molecule has 2 rings (SSSR count). The fourth-order valence-electron chi connectivity index (χ4n) is 2.34. The van der Waals surface area contributed by atoms with Gasteiger partial charge in [0, 0.05) is 5.92 Å². The van der Waals surface area contributed by atoms with Crippen LogP contribution in [0.4, 0.5) is 0 Å². The molecule has 2 aromatic rings. The topological polar surface area (TPSA) is 48.4 Å². The first-order valence-corrected chi connectivity index (χ1v) is 6.73. The van der Waals surface area contributed by atoms with Crippen molar-refractivity contribution < 1.29 is 9.15 Å². The number of benzene rings is 1. The summed E-state index contributed by atoms with van der Waals surface area (Å²) in [4.78, 5) is 0. The molecule has 2 N–H and O–H groups in total. The molecular formula is C16H21NO2. The largest absolute Gasteiger partial charge is 0.494 e. The zero-order chi connectivity index (χ0) is 13.7. The number of rotatable bonds is 6. The molecule has 0 aliphatic heterocycles. The van der Waals surface area contributed by atoms with E-state index in [1.54, 1.807) is 6.26 Å². The Morgan fingerprint density at radius 1 is 1.32 bits per heavy atom. The van der Waals surface area contributed by atoms with Crippen LogP contribution in [0.15, 0.2) is 41.0 Å². The molecule has 0 aliphatic rings. The Balaban J connectivity index is 2.30. The van der Waals surface area contributed by atoms with E-state index in [1.807, 2.05) is 25.1 Å². The van der Waals surface area contributed by atoms with Crippen molar-refractivity contribution in [3.05, 3.63) is 53.5 Å². The molecule has 0 fully saturated rings. The summed E-state index contributed by atoms with van der Waals surface area (Å²) in [5.41, 5.74) is 8.09. The van der Waals surface area contributed by atoms with Crippen LogP contribution in [0.5, 0.6) is 5.75 Å². The minimum absolute atomic E-state index is 0.217. The molecule has 0 spiro atoms. The van der Waals surface area contributed by atoms with Gasteiger partial charge in [0.1, 0.15) is 11.5 Å². The summed E-state index contributed by atoms with van der Waals surface area (Å²) in [5.74, 6) is 2.13. The number of nitrogens with two attached hydrogens (primary N) is 1. The van der Waals surface area contributed by atoms with Crippen LogP contribution >= 0.6 is 0 Å². The average Bonchev–Trinajstić information content (AvgIpc) is 2.92. The monoisotopic (exact) mass is 259 g/mol. The molecule has 0 saturated heterocycles. The summed E-state index contributed by atoms with van der Waals surface area (Å²) in [6.07, 6.45) is 2.58. The lowest BCUT2D eigenvalue weighted by Gasteiger charge is -2.16. The Labute approximate surface area is 114 Å². The second-order valence-electron chi connectivity index (χ2n) is 4.60. The SMILES string of the molecule is CCOc1ccc(C(CCN)c2ccco2)cc1C. The quantitative estimate of drug-likeness (QED) is 0.864. The van der Waals surface area contributed by atoms with E-state index >= 15 is 0 Å². The molecule has 19 heavy (non-hydrogen) atoms. The minimum Gasteiger partial charge on any atom is -0.494 e. The van der Waals surface area contributed by atoms with Gasteiger partial charge in [-0.25, -0.2) is 0 Å². The highest BCUT2D eigenvalue weighted by Crippen LogP contribution is 2.31. The molecule has 0 saturated carbocycles. The Bertz CT molecular complexity index is 505. The third-order valence-electron chi connectivity index (χ3n) is 3.24. The molecule has 1 aromatic carbocycles. The second-order valence-corrected chi connectivity index (χ2v) is 4.60. The van der Waals surface area contributed by atoms with Crippen LogP contribution in [-0.2, 0) is 0 Å². The van der Waals surface area contributed by atoms with Gasteiger partial charge in [0.15, 0.2) is 0 Å². The lowest BCUT2D eigenvalue weighted by atomic mass is 9.92. The minimum atomic E-state index is 0.217. The van der Waals surface area contributed by atoms with Gasteiger partial charge in [0.05, 0.1) is 12.9 Å². The van der Waals surface area contributed by atoms with Gasteiger partial charge in [-0.15, -0.1) is 0 Å². The van der Waals surface area contributed by atoms with Gasteiger partial charge in [-0.3, -0.25) is 0 Å². The molecule has 3 nitrogen and oxygen atoms in total. The van der Waals surface area contributed by atoms with E-state index in [-0.39, 0.29) is 5.92 Å². The van der Waals surface area contributed by atoms with Crippen LogP contribution in [0.25, 0.3) is 0 Å². The number of hydrogen-bond donors (Lipinski definition) is 1. The van der Waals surface area contributed by atoms with Gasteiger partial charge in [-0.05, 0) is 56.1 Å². The van der Waals surface area contributed by atoms with Crippen LogP contribution in [0, 0.1) is 6.92 Å². The number of aryl methyl sites for hydroxylation is 1. The van der Waals surface area contributed by atoms with E-state index < -0.39 is 0 Å². The first kappa shape index (κ1) is 13.7. The number of ether oxygens (including phenoxy) is 1. The highest BCUT2D eigenvalue weighted by atomic mass is 16.5. The fraction of sp³-hybridized carbons (Fsp3) is 0.375. The van der Waals surface area contributed by atoms with Gasteiger partial charge < -0.3 is 14.9 Å². The zero-order valence-corrected chi connectivity index (χ0v) is 11.6. The van der Waals surface area contributed by atoms with Crippen molar-refractivity contribution in [2.75, 3.05) is 13.2 Å². The Kier molecular flexibility index (Phi) is 4.63. The highest BCUT2D eigenvalue weighted by Gasteiger charge is 2.17. The predicted octanol–water partition coefficient (Wildman–Crippen LogP) is 3.47. The highest BCUT2D eigenvalue weighted by molar-refractivity contribution is 5.39. The van der Waals surface area contributed by atoms with Crippen molar-refractivity contribution in [3.8, 4) is 5.75 Å². The Morgan fingerprint density at radius 3 is 2.74 bits per heavy atom. The van der Waals surface area contributed by atoms with Crippen molar-refractivity contribution in [2.45, 2.75) is 26.2 Å². The van der Waals surface area contributed by atoms with Crippen molar-refractivity contribution >= 4 is 0 Å². The molecule has 1 atom stereocenters. The third-order valence-corrected chi connectivity index (χ3v) is 3.24. The first-order chi connectivity index (χ1) is 9.26. The fourth-order valence-corrected chi connectivity index (χ4v) is 2.34. The van der Waals surface area contributed by atoms with Crippen molar-refractivity contribution in [2.24, 2.45) is 5.73 Å². The van der Waals surface area contributed by atoms with E-state index in [0.717, 1.165) is 23.5 Å². The summed E-state index contributed by atoms with van der Waals surface area (Å²) >= 11 is 0. The van der Waals surface area contributed by atoms with Crippen LogP contribution in [0.2, 0.25) is 0 Å². The average molecular weight is 259 g/mol. The summed E-state index contributed by atoms with van der Waals surface area (Å²) in [6, 6.07) is 10.2. The van der Waals surface area contributed by atoms with E-state index in [9.17, 15) is 0 Å². The lowest BCUT2D eigenvalue weighted by Crippen LogP contribution is -2.08. The summed E-state index contributed by atoms with van der Waals surface area (Å²) < 4.78 is 11.1. The standard InChI is InChI=1S/C16H21NO2/c1-3-18-15-7-6-13(11-12(15)2)14(8-9-17)16-5-4-10-19-16/h4-7,10-11,14H,3,8-9,17H2,1-2H3. The van der Waals surface area contributed by atoms with E-state index in [0.29, 0.717) is 13.2 Å². The van der Waals surface area contributed by atoms with Gasteiger partial charge in [0.2, 0.25) is 0 Å². The van der Waals surface area contributed by atoms with Crippen LogP contribution in [-0.4, -0.2) is 13.2 Å². The molecule has 1 aromatic heterocycles. The molecule has 102 valence electrons. The van der Waals surface area contributed by atoms with E-state index in [1.165, 1.54) is 5.56 Å². The molecule has 0 radical (unpaired) electrons. The van der Waals surface area contributed by atoms with Crippen molar-refractivity contribution in [1.82, 2.24) is 0 Å². The van der Waals surface area contributed by atoms with Gasteiger partial charge in [-0.1, -0.05) is 12.1 Å². The second kappa shape index (κ2) is 6.43. The zero-order valence-electron chi connectivity index (χ0n) is 11.6. The lowest BCUT2D eigenvalue weighted by molar-refractivity contribution is 0.337. The Hall–Kier alpha value is -1.74. The molecule has 1 unspecified atom stereocenters. The molecule has 0 amide bonds. The third kappa shape index (κ3) is 3.18. The summed E-state index contributed by atoms with van der Waals surface area (Å²) in [6.45, 7) is 5.38. The summed E-state index contributed by atoms with van der Waals surface area (Å²) in [5, 5.41) is 0. The molecular weight excluding hydrogens is 238 g/mol. The first-order valence-electron chi connectivity index (χ1n) is 6.73. The van der Waals surface area contributed by atoms with Crippen molar-refractivity contribution in [1.29, 1.82) is 0 Å². The van der Waals surface area contributed by atoms with Gasteiger partial charge >= 0.3 is 0 Å². The molecule has 0 bridgehead atoms. The van der Waals surface area contributed by atoms with Gasteiger partial charge in [0.25, 0.3) is 0 Å². The van der Waals surface area contributed by atoms with Crippen LogP contribution in [0.3, 0.4) is 0 Å². The smallest absolute Gasteiger partial charge is 0.122 e. The van der Waals surface area contributed by atoms with E-state index in [2.05, 4.69) is 19.1 Å². The molecule has 1 heterocycles.